The Morgan fingerprint density at radius 1 is 1.53 bits per heavy atom. The summed E-state index contributed by atoms with van der Waals surface area (Å²) in [6, 6.07) is 0.389. The molecule has 5 nitrogen and oxygen atoms in total. The van der Waals surface area contributed by atoms with Gasteiger partial charge >= 0.3 is 0 Å². The fourth-order valence-electron chi connectivity index (χ4n) is 2.62. The molecule has 2 atom stereocenters. The molecular formula is C14H24N2O3. The Hall–Kier alpha value is -1.10. The molecule has 0 aromatic heterocycles. The second-order valence-corrected chi connectivity index (χ2v) is 6.06. The van der Waals surface area contributed by atoms with Gasteiger partial charge in [-0.2, -0.15) is 0 Å². The van der Waals surface area contributed by atoms with Crippen LogP contribution in [0.25, 0.3) is 0 Å². The van der Waals surface area contributed by atoms with Crippen LogP contribution in [0.2, 0.25) is 0 Å². The minimum absolute atomic E-state index is 0.0469. The molecule has 2 amide bonds. The van der Waals surface area contributed by atoms with Crippen LogP contribution in [0, 0.1) is 5.92 Å². The first kappa shape index (κ1) is 14.3. The van der Waals surface area contributed by atoms with Crippen molar-refractivity contribution in [1.82, 2.24) is 10.2 Å². The third-order valence-electron chi connectivity index (χ3n) is 4.39. The fraction of sp³-hybridized carbons (Fsp3) is 0.857. The molecule has 2 rings (SSSR count). The van der Waals surface area contributed by atoms with Crippen LogP contribution >= 0.6 is 0 Å². The van der Waals surface area contributed by atoms with Crippen LogP contribution in [-0.2, 0) is 9.59 Å². The van der Waals surface area contributed by atoms with E-state index >= 15 is 0 Å². The number of amides is 2. The lowest BCUT2D eigenvalue weighted by Gasteiger charge is -2.30. The van der Waals surface area contributed by atoms with E-state index in [0.717, 1.165) is 19.3 Å². The van der Waals surface area contributed by atoms with Gasteiger partial charge in [-0.3, -0.25) is 9.59 Å². The van der Waals surface area contributed by atoms with Gasteiger partial charge in [-0.25, -0.2) is 0 Å². The van der Waals surface area contributed by atoms with Crippen molar-refractivity contribution in [3.8, 4) is 0 Å². The Bertz CT molecular complexity index is 368. The molecule has 2 N–H and O–H groups in total. The second-order valence-electron chi connectivity index (χ2n) is 6.06. The summed E-state index contributed by atoms with van der Waals surface area (Å²) in [5.74, 6) is -0.157. The SMILES string of the molecule is CCC(C)(CCO)NC(=O)C1CC(=O)N(C2CC2)C1. The van der Waals surface area contributed by atoms with Crippen molar-refractivity contribution in [2.75, 3.05) is 13.2 Å². The largest absolute Gasteiger partial charge is 0.396 e. The highest BCUT2D eigenvalue weighted by molar-refractivity contribution is 5.89. The Labute approximate surface area is 114 Å². The molecule has 0 spiro atoms. The van der Waals surface area contributed by atoms with Gasteiger partial charge in [0.15, 0.2) is 0 Å². The molecule has 0 radical (unpaired) electrons. The van der Waals surface area contributed by atoms with Gasteiger partial charge in [0, 0.05) is 31.2 Å². The van der Waals surface area contributed by atoms with E-state index in [-0.39, 0.29) is 29.9 Å². The molecule has 19 heavy (non-hydrogen) atoms. The van der Waals surface area contributed by atoms with Gasteiger partial charge < -0.3 is 15.3 Å². The normalized spacial score (nSPS) is 26.4. The molecule has 2 aliphatic rings. The molecule has 0 aromatic carbocycles. The number of nitrogens with zero attached hydrogens (tertiary/aromatic N) is 1. The highest BCUT2D eigenvalue weighted by Gasteiger charge is 2.42. The van der Waals surface area contributed by atoms with Crippen LogP contribution in [0.5, 0.6) is 0 Å². The zero-order valence-corrected chi connectivity index (χ0v) is 11.8. The smallest absolute Gasteiger partial charge is 0.225 e. The van der Waals surface area contributed by atoms with E-state index in [1.165, 1.54) is 0 Å². The first-order valence-corrected chi connectivity index (χ1v) is 7.21. The van der Waals surface area contributed by atoms with E-state index in [0.29, 0.717) is 25.4 Å². The van der Waals surface area contributed by atoms with E-state index in [4.69, 9.17) is 5.11 Å². The quantitative estimate of drug-likeness (QED) is 0.743. The maximum Gasteiger partial charge on any atom is 0.225 e. The van der Waals surface area contributed by atoms with Crippen LogP contribution in [-0.4, -0.2) is 46.6 Å². The zero-order valence-electron chi connectivity index (χ0n) is 11.8. The van der Waals surface area contributed by atoms with Crippen LogP contribution in [0.15, 0.2) is 0 Å². The average molecular weight is 268 g/mol. The highest BCUT2D eigenvalue weighted by Crippen LogP contribution is 2.32. The number of aliphatic hydroxyl groups is 1. The summed E-state index contributed by atoms with van der Waals surface area (Å²) >= 11 is 0. The summed E-state index contributed by atoms with van der Waals surface area (Å²) in [6.45, 7) is 4.56. The number of nitrogens with one attached hydrogen (secondary N) is 1. The molecule has 0 aromatic rings. The first-order chi connectivity index (χ1) is 8.99. The predicted octanol–water partition coefficient (Wildman–Crippen LogP) is 0.665. The van der Waals surface area contributed by atoms with Crippen molar-refractivity contribution in [1.29, 1.82) is 0 Å². The van der Waals surface area contributed by atoms with Gasteiger partial charge in [-0.1, -0.05) is 6.92 Å². The maximum atomic E-state index is 12.3. The molecule has 5 heteroatoms. The molecule has 108 valence electrons. The van der Waals surface area contributed by atoms with Crippen molar-refractivity contribution in [2.24, 2.45) is 5.92 Å². The Morgan fingerprint density at radius 3 is 2.74 bits per heavy atom. The van der Waals surface area contributed by atoms with Crippen molar-refractivity contribution in [2.45, 2.75) is 57.5 Å². The van der Waals surface area contributed by atoms with Crippen LogP contribution in [0.1, 0.15) is 46.0 Å². The van der Waals surface area contributed by atoms with E-state index in [1.807, 2.05) is 18.7 Å². The summed E-state index contributed by atoms with van der Waals surface area (Å²) in [4.78, 5) is 26.0. The molecule has 1 aliphatic carbocycles. The molecular weight excluding hydrogens is 244 g/mol. The summed E-state index contributed by atoms with van der Waals surface area (Å²) in [5, 5.41) is 12.1. The monoisotopic (exact) mass is 268 g/mol. The first-order valence-electron chi connectivity index (χ1n) is 7.21. The molecule has 2 fully saturated rings. The third-order valence-corrected chi connectivity index (χ3v) is 4.39. The second kappa shape index (κ2) is 5.49. The van der Waals surface area contributed by atoms with E-state index in [2.05, 4.69) is 5.32 Å². The molecule has 1 heterocycles. The van der Waals surface area contributed by atoms with Gasteiger partial charge in [-0.15, -0.1) is 0 Å². The van der Waals surface area contributed by atoms with Crippen molar-refractivity contribution >= 4 is 11.8 Å². The molecule has 2 unspecified atom stereocenters. The third kappa shape index (κ3) is 3.26. The maximum absolute atomic E-state index is 12.3. The summed E-state index contributed by atoms with van der Waals surface area (Å²) in [6.07, 6.45) is 3.81. The number of hydrogen-bond donors (Lipinski definition) is 2. The zero-order chi connectivity index (χ0) is 14.0. The summed E-state index contributed by atoms with van der Waals surface area (Å²) in [7, 11) is 0. The Kier molecular flexibility index (Phi) is 4.13. The lowest BCUT2D eigenvalue weighted by atomic mass is 9.93. The van der Waals surface area contributed by atoms with Crippen molar-refractivity contribution in [3.05, 3.63) is 0 Å². The number of hydrogen-bond acceptors (Lipinski definition) is 3. The fourth-order valence-corrected chi connectivity index (χ4v) is 2.62. The van der Waals surface area contributed by atoms with Gasteiger partial charge in [0.1, 0.15) is 0 Å². The number of aliphatic hydroxyl groups excluding tert-OH is 1. The van der Waals surface area contributed by atoms with Crippen LogP contribution < -0.4 is 5.32 Å². The average Bonchev–Trinajstić information content (AvgIpc) is 3.12. The lowest BCUT2D eigenvalue weighted by Crippen LogP contribution is -2.49. The molecule has 0 bridgehead atoms. The molecule has 1 aliphatic heterocycles. The van der Waals surface area contributed by atoms with Gasteiger partial charge in [-0.05, 0) is 32.6 Å². The molecule has 1 saturated heterocycles. The number of carbonyl (C=O) groups is 2. The number of rotatable bonds is 6. The topological polar surface area (TPSA) is 69.6 Å². The van der Waals surface area contributed by atoms with E-state index < -0.39 is 0 Å². The van der Waals surface area contributed by atoms with Crippen molar-refractivity contribution < 1.29 is 14.7 Å². The van der Waals surface area contributed by atoms with Crippen LogP contribution in [0.3, 0.4) is 0 Å². The Balaban J connectivity index is 1.91. The molecule has 1 saturated carbocycles. The number of likely N-dealkylation sites (tertiary alicyclic amines) is 1. The van der Waals surface area contributed by atoms with Crippen molar-refractivity contribution in [3.63, 3.8) is 0 Å². The number of carbonyl (C=O) groups excluding carboxylic acids is 2. The minimum Gasteiger partial charge on any atom is -0.396 e. The van der Waals surface area contributed by atoms with E-state index in [1.54, 1.807) is 0 Å². The van der Waals surface area contributed by atoms with Crippen LogP contribution in [0.4, 0.5) is 0 Å². The lowest BCUT2D eigenvalue weighted by molar-refractivity contribution is -0.129. The predicted molar refractivity (Wildman–Crippen MR) is 71.4 cm³/mol. The highest BCUT2D eigenvalue weighted by atomic mass is 16.3. The standard InChI is InChI=1S/C14H24N2O3/c1-3-14(2,6-7-17)15-13(19)10-8-12(18)16(9-10)11-4-5-11/h10-11,17H,3-9H2,1-2H3,(H,15,19). The van der Waals surface area contributed by atoms with Gasteiger partial charge in [0.2, 0.25) is 11.8 Å². The Morgan fingerprint density at radius 2 is 2.21 bits per heavy atom. The summed E-state index contributed by atoms with van der Waals surface area (Å²) < 4.78 is 0. The van der Waals surface area contributed by atoms with E-state index in [9.17, 15) is 9.59 Å². The van der Waals surface area contributed by atoms with Gasteiger partial charge in [0.05, 0.1) is 5.92 Å². The van der Waals surface area contributed by atoms with Gasteiger partial charge in [0.25, 0.3) is 0 Å². The minimum atomic E-state index is -0.373. The summed E-state index contributed by atoms with van der Waals surface area (Å²) in [5.41, 5.74) is -0.373.